The summed E-state index contributed by atoms with van der Waals surface area (Å²) in [6, 6.07) is 12.2. The maximum atomic E-state index is 12.1. The molecule has 19 heavy (non-hydrogen) atoms. The first-order valence-electron chi connectivity index (χ1n) is 5.60. The summed E-state index contributed by atoms with van der Waals surface area (Å²) in [5.74, 6) is 0.497. The summed E-state index contributed by atoms with van der Waals surface area (Å²) in [7, 11) is 1.59. The summed E-state index contributed by atoms with van der Waals surface area (Å²) >= 11 is 3.30. The van der Waals surface area contributed by atoms with Gasteiger partial charge in [0.25, 0.3) is 5.91 Å². The van der Waals surface area contributed by atoms with Gasteiger partial charge in [0, 0.05) is 15.8 Å². The molecule has 0 bridgehead atoms. The van der Waals surface area contributed by atoms with Gasteiger partial charge in [-0.05, 0) is 42.5 Å². The summed E-state index contributed by atoms with van der Waals surface area (Å²) in [6.45, 7) is 0. The lowest BCUT2D eigenvalue weighted by Crippen LogP contribution is -2.13. The van der Waals surface area contributed by atoms with Gasteiger partial charge < -0.3 is 15.8 Å². The van der Waals surface area contributed by atoms with E-state index >= 15 is 0 Å². The van der Waals surface area contributed by atoms with E-state index in [-0.39, 0.29) is 5.91 Å². The Kier molecular flexibility index (Phi) is 4.06. The minimum atomic E-state index is -0.241. The number of methoxy groups -OCH3 is 1. The Hall–Kier alpha value is -2.01. The number of hydrogen-bond acceptors (Lipinski definition) is 3. The number of anilines is 2. The Morgan fingerprint density at radius 3 is 2.47 bits per heavy atom. The predicted molar refractivity (Wildman–Crippen MR) is 79.5 cm³/mol. The number of halogens is 1. The van der Waals surface area contributed by atoms with E-state index in [2.05, 4.69) is 21.2 Å². The van der Waals surface area contributed by atoms with Crippen molar-refractivity contribution in [1.29, 1.82) is 0 Å². The van der Waals surface area contributed by atoms with Gasteiger partial charge in [-0.2, -0.15) is 0 Å². The summed E-state index contributed by atoms with van der Waals surface area (Å²) < 4.78 is 5.89. The highest BCUT2D eigenvalue weighted by molar-refractivity contribution is 9.10. The lowest BCUT2D eigenvalue weighted by Gasteiger charge is -2.08. The molecule has 0 aliphatic carbocycles. The Bertz CT molecular complexity index is 597. The third-order valence-corrected chi connectivity index (χ3v) is 3.10. The average molecular weight is 321 g/mol. The number of ether oxygens (including phenoxy) is 1. The molecule has 0 radical (unpaired) electrons. The molecule has 0 fully saturated rings. The largest absolute Gasteiger partial charge is 0.497 e. The average Bonchev–Trinajstić information content (AvgIpc) is 2.39. The number of carbonyl (C=O) groups excluding carboxylic acids is 1. The van der Waals surface area contributed by atoms with Crippen LogP contribution in [0.3, 0.4) is 0 Å². The first-order valence-corrected chi connectivity index (χ1v) is 6.40. The standard InChI is InChI=1S/C14H13BrN2O2/c1-19-11-5-3-10(4-6-11)17-14(18)12-7-2-9(15)8-13(12)16/h2-8H,16H2,1H3,(H,17,18). The molecule has 0 atom stereocenters. The van der Waals surface area contributed by atoms with Crippen molar-refractivity contribution in [3.8, 4) is 5.75 Å². The monoisotopic (exact) mass is 320 g/mol. The van der Waals surface area contributed by atoms with Crippen LogP contribution in [0.5, 0.6) is 5.75 Å². The maximum Gasteiger partial charge on any atom is 0.257 e. The van der Waals surface area contributed by atoms with Crippen molar-refractivity contribution < 1.29 is 9.53 Å². The number of hydrogen-bond donors (Lipinski definition) is 2. The highest BCUT2D eigenvalue weighted by Crippen LogP contribution is 2.21. The normalized spacial score (nSPS) is 10.0. The quantitative estimate of drug-likeness (QED) is 0.853. The number of nitrogens with one attached hydrogen (secondary N) is 1. The van der Waals surface area contributed by atoms with Crippen molar-refractivity contribution in [1.82, 2.24) is 0 Å². The van der Waals surface area contributed by atoms with Crippen LogP contribution in [0.25, 0.3) is 0 Å². The molecule has 0 heterocycles. The van der Waals surface area contributed by atoms with Crippen molar-refractivity contribution in [2.24, 2.45) is 0 Å². The minimum Gasteiger partial charge on any atom is -0.497 e. The summed E-state index contributed by atoms with van der Waals surface area (Å²) in [5.41, 5.74) is 7.37. The van der Waals surface area contributed by atoms with Crippen molar-refractivity contribution in [2.75, 3.05) is 18.2 Å². The highest BCUT2D eigenvalue weighted by Gasteiger charge is 2.10. The van der Waals surface area contributed by atoms with Gasteiger partial charge in [-0.25, -0.2) is 0 Å². The minimum absolute atomic E-state index is 0.241. The van der Waals surface area contributed by atoms with Gasteiger partial charge in [0.15, 0.2) is 0 Å². The fourth-order valence-corrected chi connectivity index (χ4v) is 1.99. The predicted octanol–water partition coefficient (Wildman–Crippen LogP) is 3.29. The number of nitrogens with two attached hydrogens (primary N) is 1. The number of carbonyl (C=O) groups is 1. The van der Waals surface area contributed by atoms with E-state index in [1.165, 1.54) is 0 Å². The van der Waals surface area contributed by atoms with Gasteiger partial charge in [0.1, 0.15) is 5.75 Å². The van der Waals surface area contributed by atoms with Gasteiger partial charge >= 0.3 is 0 Å². The lowest BCUT2D eigenvalue weighted by molar-refractivity contribution is 0.102. The fourth-order valence-electron chi connectivity index (χ4n) is 1.61. The molecule has 0 aliphatic rings. The zero-order valence-electron chi connectivity index (χ0n) is 10.3. The van der Waals surface area contributed by atoms with E-state index in [4.69, 9.17) is 10.5 Å². The van der Waals surface area contributed by atoms with Crippen LogP contribution in [-0.2, 0) is 0 Å². The van der Waals surface area contributed by atoms with Crippen LogP contribution in [0.2, 0.25) is 0 Å². The van der Waals surface area contributed by atoms with E-state index in [1.54, 1.807) is 49.6 Å². The van der Waals surface area contributed by atoms with Crippen LogP contribution < -0.4 is 15.8 Å². The molecular weight excluding hydrogens is 308 g/mol. The van der Waals surface area contributed by atoms with E-state index in [9.17, 15) is 4.79 Å². The molecule has 2 aromatic rings. The summed E-state index contributed by atoms with van der Waals surface area (Å²) in [5, 5.41) is 2.78. The van der Waals surface area contributed by atoms with Gasteiger partial charge in [-0.15, -0.1) is 0 Å². The zero-order valence-corrected chi connectivity index (χ0v) is 11.9. The van der Waals surface area contributed by atoms with Crippen LogP contribution >= 0.6 is 15.9 Å². The zero-order chi connectivity index (χ0) is 13.8. The smallest absolute Gasteiger partial charge is 0.257 e. The Balaban J connectivity index is 2.15. The van der Waals surface area contributed by atoms with E-state index in [0.717, 1.165) is 10.2 Å². The third-order valence-electron chi connectivity index (χ3n) is 2.61. The van der Waals surface area contributed by atoms with Gasteiger partial charge in [-0.3, -0.25) is 4.79 Å². The molecule has 0 unspecified atom stereocenters. The number of amides is 1. The fraction of sp³-hybridized carbons (Fsp3) is 0.0714. The van der Waals surface area contributed by atoms with Crippen LogP contribution in [-0.4, -0.2) is 13.0 Å². The molecule has 0 spiro atoms. The van der Waals surface area contributed by atoms with Gasteiger partial charge in [0.05, 0.1) is 12.7 Å². The Morgan fingerprint density at radius 2 is 1.89 bits per heavy atom. The van der Waals surface area contributed by atoms with Crippen LogP contribution in [0, 0.1) is 0 Å². The van der Waals surface area contributed by atoms with Crippen LogP contribution in [0.1, 0.15) is 10.4 Å². The van der Waals surface area contributed by atoms with Crippen molar-refractivity contribution in [3.63, 3.8) is 0 Å². The number of nitrogen functional groups attached to an aromatic ring is 1. The van der Waals surface area contributed by atoms with Crippen molar-refractivity contribution in [3.05, 3.63) is 52.5 Å². The molecule has 5 heteroatoms. The van der Waals surface area contributed by atoms with Crippen molar-refractivity contribution in [2.45, 2.75) is 0 Å². The first-order chi connectivity index (χ1) is 9.10. The Morgan fingerprint density at radius 1 is 1.21 bits per heavy atom. The second-order valence-corrected chi connectivity index (χ2v) is 4.83. The van der Waals surface area contributed by atoms with E-state index in [0.29, 0.717) is 16.9 Å². The third kappa shape index (κ3) is 3.26. The first kappa shape index (κ1) is 13.4. The second-order valence-electron chi connectivity index (χ2n) is 3.91. The summed E-state index contributed by atoms with van der Waals surface area (Å²) in [6.07, 6.45) is 0. The highest BCUT2D eigenvalue weighted by atomic mass is 79.9. The molecule has 2 aromatic carbocycles. The van der Waals surface area contributed by atoms with Gasteiger partial charge in [0.2, 0.25) is 0 Å². The molecule has 4 nitrogen and oxygen atoms in total. The molecule has 0 aliphatic heterocycles. The van der Waals surface area contributed by atoms with Crippen LogP contribution in [0.4, 0.5) is 11.4 Å². The molecule has 98 valence electrons. The molecule has 0 saturated carbocycles. The van der Waals surface area contributed by atoms with Crippen LogP contribution in [0.15, 0.2) is 46.9 Å². The molecule has 3 N–H and O–H groups in total. The molecule has 1 amide bonds. The van der Waals surface area contributed by atoms with Crippen molar-refractivity contribution >= 4 is 33.2 Å². The molecular formula is C14H13BrN2O2. The maximum absolute atomic E-state index is 12.1. The van der Waals surface area contributed by atoms with E-state index < -0.39 is 0 Å². The molecule has 0 aromatic heterocycles. The second kappa shape index (κ2) is 5.75. The Labute approximate surface area is 119 Å². The SMILES string of the molecule is COc1ccc(NC(=O)c2ccc(Br)cc2N)cc1. The number of benzene rings is 2. The summed E-state index contributed by atoms with van der Waals surface area (Å²) in [4.78, 5) is 12.1. The number of rotatable bonds is 3. The topological polar surface area (TPSA) is 64.3 Å². The lowest BCUT2D eigenvalue weighted by atomic mass is 10.1. The van der Waals surface area contributed by atoms with Gasteiger partial charge in [-0.1, -0.05) is 15.9 Å². The molecule has 2 rings (SSSR count). The molecule has 0 saturated heterocycles. The van der Waals surface area contributed by atoms with E-state index in [1.807, 2.05) is 0 Å².